The van der Waals surface area contributed by atoms with E-state index >= 15 is 0 Å². The maximum absolute atomic E-state index is 12.8. The number of hydrogen-bond donors (Lipinski definition) is 1. The molecule has 1 aromatic heterocycles. The van der Waals surface area contributed by atoms with E-state index in [2.05, 4.69) is 21.2 Å². The third-order valence-corrected chi connectivity index (χ3v) is 5.35. The van der Waals surface area contributed by atoms with Gasteiger partial charge in [0.25, 0.3) is 11.8 Å². The Balaban J connectivity index is 1.24. The largest absolute Gasteiger partial charge is 0.485 e. The Morgan fingerprint density at radius 3 is 2.40 bits per heavy atom. The van der Waals surface area contributed by atoms with E-state index in [1.54, 1.807) is 28.0 Å². The maximum Gasteiger partial charge on any atom is 0.287 e. The molecule has 0 saturated carbocycles. The molecule has 1 aromatic carbocycles. The van der Waals surface area contributed by atoms with E-state index in [4.69, 9.17) is 13.9 Å². The van der Waals surface area contributed by atoms with Crippen molar-refractivity contribution in [2.45, 2.75) is 6.10 Å². The van der Waals surface area contributed by atoms with Gasteiger partial charge >= 0.3 is 0 Å². The van der Waals surface area contributed by atoms with Crippen LogP contribution >= 0.6 is 15.9 Å². The van der Waals surface area contributed by atoms with Crippen molar-refractivity contribution in [1.29, 1.82) is 0 Å². The third kappa shape index (κ3) is 4.43. The lowest BCUT2D eigenvalue weighted by Crippen LogP contribution is -2.56. The molecule has 1 saturated heterocycles. The van der Waals surface area contributed by atoms with E-state index in [9.17, 15) is 14.4 Å². The number of nitrogens with zero attached hydrogens (tertiary/aromatic N) is 2. The van der Waals surface area contributed by atoms with Crippen LogP contribution in [0.5, 0.6) is 11.5 Å². The number of halogens is 1. The van der Waals surface area contributed by atoms with E-state index in [0.29, 0.717) is 42.3 Å². The van der Waals surface area contributed by atoms with Crippen LogP contribution in [0.25, 0.3) is 0 Å². The number of benzene rings is 1. The summed E-state index contributed by atoms with van der Waals surface area (Å²) in [6.07, 6.45) is -0.700. The van der Waals surface area contributed by atoms with Gasteiger partial charge in [-0.3, -0.25) is 14.4 Å². The van der Waals surface area contributed by atoms with Crippen LogP contribution < -0.4 is 14.8 Å². The zero-order chi connectivity index (χ0) is 21.1. The molecule has 30 heavy (non-hydrogen) atoms. The lowest BCUT2D eigenvalue weighted by Gasteiger charge is -2.37. The van der Waals surface area contributed by atoms with Gasteiger partial charge in [-0.15, -0.1) is 0 Å². The molecule has 9 nitrogen and oxygen atoms in total. The fraction of sp³-hybridized carbons (Fsp3) is 0.350. The summed E-state index contributed by atoms with van der Waals surface area (Å²) in [6, 6.07) is 10.3. The van der Waals surface area contributed by atoms with Gasteiger partial charge in [-0.2, -0.15) is 0 Å². The first-order valence-corrected chi connectivity index (χ1v) is 10.3. The van der Waals surface area contributed by atoms with Crippen LogP contribution in [0.2, 0.25) is 0 Å². The van der Waals surface area contributed by atoms with Crippen LogP contribution in [0.3, 0.4) is 0 Å². The van der Waals surface area contributed by atoms with Gasteiger partial charge in [-0.1, -0.05) is 12.1 Å². The normalized spacial score (nSPS) is 18.1. The summed E-state index contributed by atoms with van der Waals surface area (Å²) in [5.41, 5.74) is 0. The van der Waals surface area contributed by atoms with E-state index in [1.807, 2.05) is 12.1 Å². The lowest BCUT2D eigenvalue weighted by atomic mass is 10.2. The fourth-order valence-corrected chi connectivity index (χ4v) is 3.62. The molecule has 0 radical (unpaired) electrons. The van der Waals surface area contributed by atoms with Gasteiger partial charge in [0.2, 0.25) is 12.0 Å². The Kier molecular flexibility index (Phi) is 5.93. The van der Waals surface area contributed by atoms with Gasteiger partial charge in [0.15, 0.2) is 21.9 Å². The van der Waals surface area contributed by atoms with E-state index in [1.165, 1.54) is 6.07 Å². The predicted molar refractivity (Wildman–Crippen MR) is 108 cm³/mol. The molecule has 0 aliphatic carbocycles. The number of ether oxygens (including phenoxy) is 2. The minimum absolute atomic E-state index is 0.126. The average Bonchev–Trinajstić information content (AvgIpc) is 3.23. The van der Waals surface area contributed by atoms with Gasteiger partial charge in [0.05, 0.1) is 6.54 Å². The van der Waals surface area contributed by atoms with Crippen molar-refractivity contribution < 1.29 is 28.3 Å². The molecule has 158 valence electrons. The minimum Gasteiger partial charge on any atom is -0.485 e. The van der Waals surface area contributed by atoms with Crippen molar-refractivity contribution >= 4 is 33.7 Å². The van der Waals surface area contributed by atoms with Crippen molar-refractivity contribution in [1.82, 2.24) is 15.1 Å². The molecule has 1 fully saturated rings. The van der Waals surface area contributed by atoms with Crippen LogP contribution in [0.15, 0.2) is 45.5 Å². The van der Waals surface area contributed by atoms with Crippen LogP contribution in [0.1, 0.15) is 10.6 Å². The van der Waals surface area contributed by atoms with E-state index in [0.717, 1.165) is 0 Å². The van der Waals surface area contributed by atoms with E-state index in [-0.39, 0.29) is 30.7 Å². The van der Waals surface area contributed by atoms with Gasteiger partial charge in [0.1, 0.15) is 6.61 Å². The first kappa shape index (κ1) is 20.3. The smallest absolute Gasteiger partial charge is 0.287 e. The van der Waals surface area contributed by atoms with Gasteiger partial charge in [-0.25, -0.2) is 0 Å². The molecule has 3 amide bonds. The summed E-state index contributed by atoms with van der Waals surface area (Å²) < 4.78 is 17.0. The Labute approximate surface area is 181 Å². The van der Waals surface area contributed by atoms with Crippen molar-refractivity contribution in [3.05, 3.63) is 46.8 Å². The lowest BCUT2D eigenvalue weighted by molar-refractivity contribution is -0.146. The first-order chi connectivity index (χ1) is 14.5. The summed E-state index contributed by atoms with van der Waals surface area (Å²) in [4.78, 5) is 40.4. The number of carbonyl (C=O) groups is 3. The molecule has 4 rings (SSSR count). The molecule has 0 bridgehead atoms. The second kappa shape index (κ2) is 8.78. The number of furan rings is 1. The molecular weight excluding hydrogens is 458 g/mol. The van der Waals surface area contributed by atoms with Crippen LogP contribution in [-0.2, 0) is 9.59 Å². The van der Waals surface area contributed by atoms with Gasteiger partial charge in [0, 0.05) is 26.2 Å². The Morgan fingerprint density at radius 2 is 1.70 bits per heavy atom. The molecule has 10 heteroatoms. The number of carbonyl (C=O) groups excluding carboxylic acids is 3. The molecule has 2 aliphatic rings. The monoisotopic (exact) mass is 477 g/mol. The van der Waals surface area contributed by atoms with Gasteiger partial charge < -0.3 is 29.0 Å². The highest BCUT2D eigenvalue weighted by atomic mass is 79.9. The predicted octanol–water partition coefficient (Wildman–Crippen LogP) is 1.28. The highest BCUT2D eigenvalue weighted by Gasteiger charge is 2.33. The summed E-state index contributed by atoms with van der Waals surface area (Å²) in [6.45, 7) is 1.58. The Morgan fingerprint density at radius 1 is 1.00 bits per heavy atom. The fourth-order valence-electron chi connectivity index (χ4n) is 3.31. The minimum atomic E-state index is -0.700. The standard InChI is InChI=1S/C20H20BrN3O6/c21-17-6-5-15(30-17)19(26)22-11-18(25)23-7-9-24(10-8-23)20(27)16-12-28-13-3-1-2-4-14(13)29-16/h1-6,16H,7-12H2,(H,22,26)/t16-/m0/s1. The summed E-state index contributed by atoms with van der Waals surface area (Å²) in [5.74, 6) is 0.468. The third-order valence-electron chi connectivity index (χ3n) is 4.93. The molecule has 2 aliphatic heterocycles. The quantitative estimate of drug-likeness (QED) is 0.711. The first-order valence-electron chi connectivity index (χ1n) is 9.50. The Hall–Kier alpha value is -3.01. The summed E-state index contributed by atoms with van der Waals surface area (Å²) in [7, 11) is 0. The molecule has 1 atom stereocenters. The van der Waals surface area contributed by atoms with Crippen molar-refractivity contribution in [2.24, 2.45) is 0 Å². The second-order valence-corrected chi connectivity index (χ2v) is 7.64. The molecular formula is C20H20BrN3O6. The molecule has 3 heterocycles. The van der Waals surface area contributed by atoms with Gasteiger partial charge in [-0.05, 0) is 40.2 Å². The number of nitrogens with one attached hydrogen (secondary N) is 1. The highest BCUT2D eigenvalue weighted by molar-refractivity contribution is 9.10. The molecule has 2 aromatic rings. The maximum atomic E-state index is 12.8. The molecule has 0 spiro atoms. The zero-order valence-corrected chi connectivity index (χ0v) is 17.6. The number of amides is 3. The van der Waals surface area contributed by atoms with Crippen molar-refractivity contribution in [3.8, 4) is 11.5 Å². The SMILES string of the molecule is O=C(NCC(=O)N1CCN(C(=O)[C@@H]2COc3ccccc3O2)CC1)c1ccc(Br)o1. The highest BCUT2D eigenvalue weighted by Crippen LogP contribution is 2.31. The average molecular weight is 478 g/mol. The summed E-state index contributed by atoms with van der Waals surface area (Å²) in [5, 5.41) is 2.54. The van der Waals surface area contributed by atoms with Crippen LogP contribution in [0.4, 0.5) is 0 Å². The number of piperazine rings is 1. The summed E-state index contributed by atoms with van der Waals surface area (Å²) >= 11 is 3.13. The Bertz CT molecular complexity index is 954. The van der Waals surface area contributed by atoms with Crippen LogP contribution in [0, 0.1) is 0 Å². The number of para-hydroxylation sites is 2. The number of hydrogen-bond acceptors (Lipinski definition) is 6. The van der Waals surface area contributed by atoms with E-state index < -0.39 is 12.0 Å². The number of fused-ring (bicyclic) bond motifs is 1. The van der Waals surface area contributed by atoms with Crippen LogP contribution in [-0.4, -0.2) is 73.0 Å². The zero-order valence-electron chi connectivity index (χ0n) is 16.0. The van der Waals surface area contributed by atoms with Crippen molar-refractivity contribution in [3.63, 3.8) is 0 Å². The molecule has 0 unspecified atom stereocenters. The molecule has 1 N–H and O–H groups in total. The second-order valence-electron chi connectivity index (χ2n) is 6.86. The van der Waals surface area contributed by atoms with Crippen molar-refractivity contribution in [2.75, 3.05) is 39.3 Å². The number of rotatable bonds is 4. The topological polar surface area (TPSA) is 101 Å².